The summed E-state index contributed by atoms with van der Waals surface area (Å²) in [6.07, 6.45) is 6.33. The standard InChI is InChI=1S/C14H20ClNO2S2/c1-19-14-12(15)7-11(8-13(14)20(2,17)18)6-10-4-3-5-16-9-10/h7-8,10,16H,3-6,9H2,1-2H3. The molecule has 0 spiro atoms. The van der Waals surface area contributed by atoms with Gasteiger partial charge < -0.3 is 5.32 Å². The van der Waals surface area contributed by atoms with Crippen molar-refractivity contribution < 1.29 is 8.42 Å². The minimum atomic E-state index is -3.25. The molecule has 1 aliphatic rings. The highest BCUT2D eigenvalue weighted by Crippen LogP contribution is 2.34. The monoisotopic (exact) mass is 333 g/mol. The Kier molecular flexibility index (Phi) is 5.40. The zero-order valence-electron chi connectivity index (χ0n) is 11.8. The number of hydrogen-bond acceptors (Lipinski definition) is 4. The molecule has 6 heteroatoms. The number of halogens is 1. The summed E-state index contributed by atoms with van der Waals surface area (Å²) in [6.45, 7) is 2.08. The fourth-order valence-corrected chi connectivity index (χ4v) is 5.20. The van der Waals surface area contributed by atoms with Crippen molar-refractivity contribution in [3.63, 3.8) is 0 Å². The molecule has 1 unspecified atom stereocenters. The molecule has 1 aromatic rings. The Balaban J connectivity index is 2.33. The molecular weight excluding hydrogens is 314 g/mol. The molecule has 0 bridgehead atoms. The lowest BCUT2D eigenvalue weighted by Crippen LogP contribution is -2.30. The molecule has 1 fully saturated rings. The average molecular weight is 334 g/mol. The molecule has 1 aliphatic heterocycles. The summed E-state index contributed by atoms with van der Waals surface area (Å²) in [4.78, 5) is 1.01. The highest BCUT2D eigenvalue weighted by molar-refractivity contribution is 7.99. The van der Waals surface area contributed by atoms with Crippen LogP contribution in [0.2, 0.25) is 5.02 Å². The van der Waals surface area contributed by atoms with Gasteiger partial charge in [-0.2, -0.15) is 0 Å². The van der Waals surface area contributed by atoms with Crippen molar-refractivity contribution in [2.75, 3.05) is 25.6 Å². The molecule has 1 N–H and O–H groups in total. The number of thioether (sulfide) groups is 1. The van der Waals surface area contributed by atoms with Crippen LogP contribution in [0.3, 0.4) is 0 Å². The Morgan fingerprint density at radius 2 is 2.20 bits per heavy atom. The summed E-state index contributed by atoms with van der Waals surface area (Å²) in [7, 11) is -3.25. The molecule has 1 aromatic carbocycles. The molecule has 1 heterocycles. The summed E-state index contributed by atoms with van der Waals surface area (Å²) >= 11 is 7.64. The van der Waals surface area contributed by atoms with Gasteiger partial charge in [-0.25, -0.2) is 8.42 Å². The maximum Gasteiger partial charge on any atom is 0.176 e. The van der Waals surface area contributed by atoms with Crippen LogP contribution in [0.15, 0.2) is 21.9 Å². The van der Waals surface area contributed by atoms with Crippen LogP contribution >= 0.6 is 23.4 Å². The van der Waals surface area contributed by atoms with Crippen molar-refractivity contribution in [3.05, 3.63) is 22.7 Å². The van der Waals surface area contributed by atoms with E-state index in [1.807, 2.05) is 12.3 Å². The molecule has 0 saturated carbocycles. The van der Waals surface area contributed by atoms with Gasteiger partial charge in [0.15, 0.2) is 9.84 Å². The Bertz CT molecular complexity index is 581. The number of benzene rings is 1. The summed E-state index contributed by atoms with van der Waals surface area (Å²) in [6, 6.07) is 3.71. The zero-order valence-corrected chi connectivity index (χ0v) is 14.2. The second-order valence-corrected chi connectivity index (χ2v) is 8.51. The first-order chi connectivity index (χ1) is 9.41. The first-order valence-electron chi connectivity index (χ1n) is 6.69. The Hall–Kier alpha value is -0.230. The highest BCUT2D eigenvalue weighted by atomic mass is 35.5. The minimum Gasteiger partial charge on any atom is -0.316 e. The van der Waals surface area contributed by atoms with Gasteiger partial charge in [-0.05, 0) is 62.2 Å². The van der Waals surface area contributed by atoms with Gasteiger partial charge in [-0.1, -0.05) is 11.6 Å². The molecular formula is C14H20ClNO2S2. The second kappa shape index (κ2) is 6.69. The van der Waals surface area contributed by atoms with Crippen LogP contribution in [0, 0.1) is 5.92 Å². The van der Waals surface area contributed by atoms with E-state index < -0.39 is 9.84 Å². The maximum atomic E-state index is 11.9. The molecule has 0 aromatic heterocycles. The Morgan fingerprint density at radius 3 is 2.75 bits per heavy atom. The molecule has 1 saturated heterocycles. The van der Waals surface area contributed by atoms with Gasteiger partial charge in [-0.3, -0.25) is 0 Å². The molecule has 1 atom stereocenters. The molecule has 20 heavy (non-hydrogen) atoms. The first-order valence-corrected chi connectivity index (χ1v) is 10.2. The molecule has 2 rings (SSSR count). The quantitative estimate of drug-likeness (QED) is 0.860. The maximum absolute atomic E-state index is 11.9. The normalized spacial score (nSPS) is 20.1. The van der Waals surface area contributed by atoms with E-state index in [1.165, 1.54) is 30.9 Å². The molecule has 0 radical (unpaired) electrons. The fourth-order valence-electron chi connectivity index (χ4n) is 2.64. The summed E-state index contributed by atoms with van der Waals surface area (Å²) in [5.74, 6) is 0.562. The predicted octanol–water partition coefficient (Wildman–Crippen LogP) is 3.01. The average Bonchev–Trinajstić information content (AvgIpc) is 2.38. The lowest BCUT2D eigenvalue weighted by molar-refractivity contribution is 0.376. The van der Waals surface area contributed by atoms with Crippen LogP contribution in [0.4, 0.5) is 0 Å². The number of hydrogen-bond donors (Lipinski definition) is 1. The zero-order chi connectivity index (χ0) is 14.8. The van der Waals surface area contributed by atoms with E-state index in [4.69, 9.17) is 11.6 Å². The van der Waals surface area contributed by atoms with E-state index in [2.05, 4.69) is 5.32 Å². The topological polar surface area (TPSA) is 46.2 Å². The van der Waals surface area contributed by atoms with E-state index in [0.717, 1.165) is 25.1 Å². The molecule has 3 nitrogen and oxygen atoms in total. The van der Waals surface area contributed by atoms with Gasteiger partial charge in [0.25, 0.3) is 0 Å². The first kappa shape index (κ1) is 16.1. The van der Waals surface area contributed by atoms with Crippen LogP contribution in [0.25, 0.3) is 0 Å². The van der Waals surface area contributed by atoms with Gasteiger partial charge in [0, 0.05) is 11.2 Å². The van der Waals surface area contributed by atoms with Crippen LogP contribution in [0.5, 0.6) is 0 Å². The Morgan fingerprint density at radius 1 is 1.45 bits per heavy atom. The number of nitrogens with one attached hydrogen (secondary N) is 1. The third-order valence-corrected chi connectivity index (χ3v) is 6.10. The molecule has 0 amide bonds. The van der Waals surface area contributed by atoms with Crippen molar-refractivity contribution in [1.29, 1.82) is 0 Å². The number of rotatable bonds is 4. The summed E-state index contributed by atoms with van der Waals surface area (Å²) < 4.78 is 23.8. The largest absolute Gasteiger partial charge is 0.316 e. The summed E-state index contributed by atoms with van der Waals surface area (Å²) in [5.41, 5.74) is 1.02. The van der Waals surface area contributed by atoms with Gasteiger partial charge in [0.2, 0.25) is 0 Å². The van der Waals surface area contributed by atoms with E-state index in [9.17, 15) is 8.42 Å². The van der Waals surface area contributed by atoms with Gasteiger partial charge >= 0.3 is 0 Å². The highest BCUT2D eigenvalue weighted by Gasteiger charge is 2.19. The summed E-state index contributed by atoms with van der Waals surface area (Å²) in [5, 5.41) is 3.92. The van der Waals surface area contributed by atoms with Crippen molar-refractivity contribution in [2.45, 2.75) is 29.1 Å². The lowest BCUT2D eigenvalue weighted by Gasteiger charge is -2.23. The smallest absolute Gasteiger partial charge is 0.176 e. The fraction of sp³-hybridized carbons (Fsp3) is 0.571. The number of piperidine rings is 1. The van der Waals surface area contributed by atoms with Crippen molar-refractivity contribution in [2.24, 2.45) is 5.92 Å². The van der Waals surface area contributed by atoms with Crippen LogP contribution < -0.4 is 5.32 Å². The molecule has 112 valence electrons. The van der Waals surface area contributed by atoms with Crippen LogP contribution in [-0.4, -0.2) is 34.0 Å². The number of sulfone groups is 1. The van der Waals surface area contributed by atoms with E-state index in [1.54, 1.807) is 6.07 Å². The predicted molar refractivity (Wildman–Crippen MR) is 85.6 cm³/mol. The third kappa shape index (κ3) is 3.91. The van der Waals surface area contributed by atoms with Crippen molar-refractivity contribution >= 4 is 33.2 Å². The van der Waals surface area contributed by atoms with Gasteiger partial charge in [0.05, 0.1) is 9.92 Å². The van der Waals surface area contributed by atoms with E-state index in [0.29, 0.717) is 20.7 Å². The van der Waals surface area contributed by atoms with E-state index >= 15 is 0 Å². The van der Waals surface area contributed by atoms with Crippen molar-refractivity contribution in [1.82, 2.24) is 5.32 Å². The van der Waals surface area contributed by atoms with Crippen molar-refractivity contribution in [3.8, 4) is 0 Å². The second-order valence-electron chi connectivity index (χ2n) is 5.30. The van der Waals surface area contributed by atoms with E-state index in [-0.39, 0.29) is 0 Å². The Labute approximate surface area is 130 Å². The van der Waals surface area contributed by atoms with Crippen LogP contribution in [0.1, 0.15) is 18.4 Å². The minimum absolute atomic E-state index is 0.358. The third-order valence-electron chi connectivity index (χ3n) is 3.60. The molecule has 0 aliphatic carbocycles. The van der Waals surface area contributed by atoms with Crippen LogP contribution in [-0.2, 0) is 16.3 Å². The van der Waals surface area contributed by atoms with Gasteiger partial charge in [0.1, 0.15) is 0 Å². The lowest BCUT2D eigenvalue weighted by atomic mass is 9.92. The van der Waals surface area contributed by atoms with Gasteiger partial charge in [-0.15, -0.1) is 11.8 Å². The SMILES string of the molecule is CSc1c(Cl)cc(CC2CCCNC2)cc1S(C)(=O)=O.